The van der Waals surface area contributed by atoms with E-state index >= 15 is 0 Å². The monoisotopic (exact) mass is 475 g/mol. The summed E-state index contributed by atoms with van der Waals surface area (Å²) in [4.78, 5) is 16.3. The molecule has 0 radical (unpaired) electrons. The fraction of sp³-hybridized carbons (Fsp3) is 0.677. The second-order valence-corrected chi connectivity index (χ2v) is 12.5. The predicted octanol–water partition coefficient (Wildman–Crippen LogP) is 6.73. The number of hydrogen-bond donors (Lipinski definition) is 0. The molecular formula is C31H41NO3. The number of ether oxygens (including phenoxy) is 2. The van der Waals surface area contributed by atoms with Crippen LogP contribution in [0.25, 0.3) is 0 Å². The van der Waals surface area contributed by atoms with Crippen LogP contribution in [0.15, 0.2) is 47.0 Å². The van der Waals surface area contributed by atoms with E-state index < -0.39 is 0 Å². The van der Waals surface area contributed by atoms with Crippen molar-refractivity contribution in [3.8, 4) is 0 Å². The second kappa shape index (κ2) is 8.78. The van der Waals surface area contributed by atoms with Gasteiger partial charge in [-0.15, -0.1) is 0 Å². The fourth-order valence-corrected chi connectivity index (χ4v) is 9.17. The van der Waals surface area contributed by atoms with Crippen molar-refractivity contribution in [2.75, 3.05) is 6.54 Å². The Morgan fingerprint density at radius 3 is 2.60 bits per heavy atom. The molecule has 8 atom stereocenters. The summed E-state index contributed by atoms with van der Waals surface area (Å²) in [5, 5.41) is 0. The van der Waals surface area contributed by atoms with Crippen LogP contribution in [0.1, 0.15) is 84.1 Å². The third-order valence-electron chi connectivity index (χ3n) is 10.9. The lowest BCUT2D eigenvalue weighted by atomic mass is 9.47. The molecule has 0 spiro atoms. The van der Waals surface area contributed by atoms with Crippen LogP contribution in [0.3, 0.4) is 0 Å². The Bertz CT molecular complexity index is 1030. The Balaban J connectivity index is 1.20. The van der Waals surface area contributed by atoms with Gasteiger partial charge in [-0.2, -0.15) is 0 Å². The minimum atomic E-state index is -0.135. The number of hydrogen-bond acceptors (Lipinski definition) is 4. The molecule has 0 aromatic heterocycles. The number of fused-ring (bicyclic) bond motifs is 5. The molecular weight excluding hydrogens is 434 g/mol. The maximum atomic E-state index is 11.5. The van der Waals surface area contributed by atoms with E-state index in [-0.39, 0.29) is 17.5 Å². The zero-order chi connectivity index (χ0) is 24.2. The van der Waals surface area contributed by atoms with Crippen molar-refractivity contribution in [3.63, 3.8) is 0 Å². The van der Waals surface area contributed by atoms with E-state index in [1.54, 1.807) is 12.5 Å². The number of nitrogens with zero attached hydrogens (tertiary/aromatic N) is 1. The molecule has 4 heteroatoms. The number of allylic oxidation sites excluding steroid dienone is 1. The Morgan fingerprint density at radius 2 is 1.80 bits per heavy atom. The molecule has 35 heavy (non-hydrogen) atoms. The van der Waals surface area contributed by atoms with Crippen LogP contribution in [0.5, 0.6) is 0 Å². The van der Waals surface area contributed by atoms with Crippen molar-refractivity contribution >= 4 is 11.9 Å². The normalized spacial score (nSPS) is 42.5. The molecule has 6 rings (SSSR count). The average molecular weight is 476 g/mol. The molecule has 1 aromatic rings. The number of rotatable bonds is 3. The van der Waals surface area contributed by atoms with Crippen molar-refractivity contribution in [1.29, 1.82) is 0 Å². The second-order valence-electron chi connectivity index (χ2n) is 12.5. The van der Waals surface area contributed by atoms with Crippen LogP contribution in [0, 0.1) is 34.5 Å². The maximum absolute atomic E-state index is 11.5. The third-order valence-corrected chi connectivity index (χ3v) is 10.9. The standard InChI is InChI=1S/C31H41NO3/c1-20(33)34-23-13-16-30(2)22(19-23)9-10-24-25-11-12-27(31(25,3)17-14-26(24)30)28-15-18-32-29(35-28)21-7-5-4-6-8-21/h4-9,23-28H,10-19H2,1-3H3/t23-,24-,25-,26-,27+,28+,30-,31-/m0/s1. The van der Waals surface area contributed by atoms with E-state index in [9.17, 15) is 4.79 Å². The summed E-state index contributed by atoms with van der Waals surface area (Å²) in [6.45, 7) is 7.55. The first-order chi connectivity index (χ1) is 16.9. The predicted molar refractivity (Wildman–Crippen MR) is 138 cm³/mol. The molecule has 4 aliphatic carbocycles. The topological polar surface area (TPSA) is 47.9 Å². The van der Waals surface area contributed by atoms with Crippen molar-refractivity contribution in [2.24, 2.45) is 39.5 Å². The lowest BCUT2D eigenvalue weighted by Crippen LogP contribution is -2.52. The van der Waals surface area contributed by atoms with Crippen molar-refractivity contribution in [2.45, 2.75) is 90.8 Å². The van der Waals surface area contributed by atoms with Gasteiger partial charge in [0.05, 0.1) is 0 Å². The van der Waals surface area contributed by atoms with Crippen molar-refractivity contribution in [3.05, 3.63) is 47.5 Å². The van der Waals surface area contributed by atoms with Crippen LogP contribution in [0.2, 0.25) is 0 Å². The molecule has 0 N–H and O–H groups in total. The Kier molecular flexibility index (Phi) is 5.85. The fourth-order valence-electron chi connectivity index (χ4n) is 9.17. The number of carbonyl (C=O) groups is 1. The SMILES string of the molecule is CC(=O)O[C@H]1CC[C@@]2(C)C(=CC[C@H]3[C@@H]4CC[C@H]([C@H]5CCN=C(c6ccccc6)O5)[C@@]4(C)CC[C@@H]32)C1. The first kappa shape index (κ1) is 23.3. The first-order valence-electron chi connectivity index (χ1n) is 14.0. The van der Waals surface area contributed by atoms with E-state index in [2.05, 4.69) is 50.3 Å². The van der Waals surface area contributed by atoms with Gasteiger partial charge in [0.1, 0.15) is 12.2 Å². The smallest absolute Gasteiger partial charge is 0.302 e. The maximum Gasteiger partial charge on any atom is 0.302 e. The number of benzene rings is 1. The van der Waals surface area contributed by atoms with Gasteiger partial charge in [-0.3, -0.25) is 9.79 Å². The minimum absolute atomic E-state index is 0.0806. The zero-order valence-corrected chi connectivity index (χ0v) is 21.7. The van der Waals surface area contributed by atoms with E-state index in [0.717, 1.165) is 61.4 Å². The molecule has 0 unspecified atom stereocenters. The molecule has 188 valence electrons. The van der Waals surface area contributed by atoms with Gasteiger partial charge in [-0.05, 0) is 85.7 Å². The number of carbonyl (C=O) groups excluding carboxylic acids is 1. The molecule has 4 nitrogen and oxygen atoms in total. The molecule has 5 aliphatic rings. The number of esters is 1. The van der Waals surface area contributed by atoms with Gasteiger partial charge in [0.15, 0.2) is 0 Å². The third kappa shape index (κ3) is 3.86. The van der Waals surface area contributed by atoms with Gasteiger partial charge in [0.25, 0.3) is 0 Å². The molecule has 1 heterocycles. The van der Waals surface area contributed by atoms with Crippen LogP contribution in [-0.2, 0) is 14.3 Å². The molecule has 1 aromatic carbocycles. The Labute approximate surface area is 210 Å². The largest absolute Gasteiger partial charge is 0.474 e. The summed E-state index contributed by atoms with van der Waals surface area (Å²) in [5.74, 6) is 3.68. The van der Waals surface area contributed by atoms with Gasteiger partial charge in [-0.25, -0.2) is 0 Å². The van der Waals surface area contributed by atoms with Gasteiger partial charge in [0.2, 0.25) is 5.90 Å². The molecule has 3 saturated carbocycles. The van der Waals surface area contributed by atoms with Crippen molar-refractivity contribution in [1.82, 2.24) is 0 Å². The lowest BCUT2D eigenvalue weighted by Gasteiger charge is -2.58. The quantitative estimate of drug-likeness (QED) is 0.360. The first-order valence-corrected chi connectivity index (χ1v) is 14.0. The highest BCUT2D eigenvalue weighted by Gasteiger charge is 2.60. The molecule has 0 saturated heterocycles. The van der Waals surface area contributed by atoms with Gasteiger partial charge >= 0.3 is 5.97 Å². The van der Waals surface area contributed by atoms with Crippen LogP contribution in [-0.4, -0.2) is 30.6 Å². The highest BCUT2D eigenvalue weighted by Crippen LogP contribution is 2.67. The summed E-state index contributed by atoms with van der Waals surface area (Å²) >= 11 is 0. The van der Waals surface area contributed by atoms with Crippen molar-refractivity contribution < 1.29 is 14.3 Å². The summed E-state index contributed by atoms with van der Waals surface area (Å²) in [7, 11) is 0. The van der Waals surface area contributed by atoms with E-state index in [0.29, 0.717) is 17.4 Å². The van der Waals surface area contributed by atoms with E-state index in [4.69, 9.17) is 14.5 Å². The summed E-state index contributed by atoms with van der Waals surface area (Å²) in [6, 6.07) is 10.4. The Hall–Kier alpha value is -2.10. The summed E-state index contributed by atoms with van der Waals surface area (Å²) < 4.78 is 12.3. The zero-order valence-electron chi connectivity index (χ0n) is 21.7. The minimum Gasteiger partial charge on any atom is -0.474 e. The number of aliphatic imine (C=N–C) groups is 1. The summed E-state index contributed by atoms with van der Waals surface area (Å²) in [6.07, 6.45) is 13.6. The van der Waals surface area contributed by atoms with E-state index in [1.807, 2.05) is 0 Å². The van der Waals surface area contributed by atoms with Gasteiger partial charge in [-0.1, -0.05) is 43.7 Å². The van der Waals surface area contributed by atoms with Gasteiger partial charge in [0, 0.05) is 37.8 Å². The van der Waals surface area contributed by atoms with Crippen LogP contribution < -0.4 is 0 Å². The van der Waals surface area contributed by atoms with Crippen LogP contribution in [0.4, 0.5) is 0 Å². The van der Waals surface area contributed by atoms with E-state index in [1.165, 1.54) is 32.1 Å². The lowest BCUT2D eigenvalue weighted by molar-refractivity contribution is -0.148. The highest BCUT2D eigenvalue weighted by atomic mass is 16.5. The average Bonchev–Trinajstić information content (AvgIpc) is 3.22. The summed E-state index contributed by atoms with van der Waals surface area (Å²) in [5.41, 5.74) is 3.34. The Morgan fingerprint density at radius 1 is 1.00 bits per heavy atom. The molecule has 0 bridgehead atoms. The molecule has 1 aliphatic heterocycles. The van der Waals surface area contributed by atoms with Gasteiger partial charge < -0.3 is 9.47 Å². The van der Waals surface area contributed by atoms with Crippen LogP contribution >= 0.6 is 0 Å². The molecule has 3 fully saturated rings. The molecule has 0 amide bonds. The highest BCUT2D eigenvalue weighted by molar-refractivity contribution is 5.94.